The Kier molecular flexibility index (Phi) is 6.03. The standard InChI is InChI=1S/C16H36N3P/c1-13(2,3)17-20(18-14(4,5)6)19(15(7,8)9)16(10,11)12/h1-12H3. The maximum Gasteiger partial charge on any atom is 0.218 e. The molecule has 0 spiro atoms. The molecule has 1 unspecified atom stereocenters. The van der Waals surface area contributed by atoms with Crippen molar-refractivity contribution in [1.29, 1.82) is 0 Å². The molecule has 0 radical (unpaired) electrons. The van der Waals surface area contributed by atoms with Crippen molar-refractivity contribution in [3.63, 3.8) is 0 Å². The lowest BCUT2D eigenvalue weighted by Gasteiger charge is -2.43. The highest BCUT2D eigenvalue weighted by atomic mass is 31.1. The van der Waals surface area contributed by atoms with Crippen molar-refractivity contribution in [3.8, 4) is 0 Å². The van der Waals surface area contributed by atoms with Gasteiger partial charge in [0.1, 0.15) is 0 Å². The van der Waals surface area contributed by atoms with E-state index in [-0.39, 0.29) is 22.2 Å². The first-order chi connectivity index (χ1) is 8.43. The molecular formula is C16H36N3P. The zero-order valence-corrected chi connectivity index (χ0v) is 16.7. The van der Waals surface area contributed by atoms with Crippen molar-refractivity contribution in [2.45, 2.75) is 105 Å². The minimum atomic E-state index is -0.893. The van der Waals surface area contributed by atoms with Crippen LogP contribution < -0.4 is 0 Å². The van der Waals surface area contributed by atoms with Crippen LogP contribution in [0.25, 0.3) is 5.09 Å². The van der Waals surface area contributed by atoms with E-state index in [4.69, 9.17) is 9.83 Å². The first-order valence-corrected chi connectivity index (χ1v) is 8.69. The average molecular weight is 301 g/mol. The van der Waals surface area contributed by atoms with E-state index in [1.807, 2.05) is 0 Å². The highest BCUT2D eigenvalue weighted by Crippen LogP contribution is 2.52. The van der Waals surface area contributed by atoms with Gasteiger partial charge in [0.05, 0.1) is 16.6 Å². The molecule has 0 saturated heterocycles. The molecule has 0 heterocycles. The first-order valence-electron chi connectivity index (χ1n) is 7.49. The minimum Gasteiger partial charge on any atom is -0.396 e. The van der Waals surface area contributed by atoms with E-state index >= 15 is 0 Å². The Bertz CT molecular complexity index is 332. The maximum absolute atomic E-state index is 5.05. The van der Waals surface area contributed by atoms with Gasteiger partial charge in [0.25, 0.3) is 0 Å². The van der Waals surface area contributed by atoms with Crippen molar-refractivity contribution in [1.82, 2.24) is 4.67 Å². The molecule has 0 aliphatic carbocycles. The van der Waals surface area contributed by atoms with Crippen molar-refractivity contribution >= 4 is 8.01 Å². The van der Waals surface area contributed by atoms with E-state index in [1.165, 1.54) is 0 Å². The van der Waals surface area contributed by atoms with Crippen LogP contribution in [0.1, 0.15) is 83.1 Å². The van der Waals surface area contributed by atoms with Gasteiger partial charge in [-0.1, -0.05) is 31.1 Å². The van der Waals surface area contributed by atoms with Gasteiger partial charge in [0.15, 0.2) is 0 Å². The van der Waals surface area contributed by atoms with Crippen LogP contribution in [0.5, 0.6) is 0 Å². The van der Waals surface area contributed by atoms with Crippen LogP contribution in [-0.2, 0) is 0 Å². The van der Waals surface area contributed by atoms with Crippen LogP contribution in [0.15, 0.2) is 4.74 Å². The van der Waals surface area contributed by atoms with Crippen LogP contribution >= 0.6 is 8.01 Å². The number of hydrogen-bond donors (Lipinski definition) is 0. The fourth-order valence-electron chi connectivity index (χ4n) is 2.19. The molecule has 0 N–H and O–H groups in total. The first kappa shape index (κ1) is 20.0. The van der Waals surface area contributed by atoms with Gasteiger partial charge in [-0.3, -0.25) is 0 Å². The molecule has 0 rings (SSSR count). The molecule has 0 aromatic carbocycles. The number of rotatable bonds is 2. The van der Waals surface area contributed by atoms with E-state index in [2.05, 4.69) is 87.8 Å². The van der Waals surface area contributed by atoms with Gasteiger partial charge >= 0.3 is 0 Å². The third kappa shape index (κ3) is 7.71. The smallest absolute Gasteiger partial charge is 0.218 e. The van der Waals surface area contributed by atoms with E-state index in [0.29, 0.717) is 0 Å². The topological polar surface area (TPSA) is 29.7 Å². The molecule has 20 heavy (non-hydrogen) atoms. The highest BCUT2D eigenvalue weighted by Gasteiger charge is 2.41. The van der Waals surface area contributed by atoms with Crippen molar-refractivity contribution in [2.24, 2.45) is 4.74 Å². The molecule has 0 aliphatic heterocycles. The molecular weight excluding hydrogens is 265 g/mol. The van der Waals surface area contributed by atoms with Crippen molar-refractivity contribution < 1.29 is 0 Å². The van der Waals surface area contributed by atoms with Gasteiger partial charge in [-0.05, 0) is 62.3 Å². The third-order valence-electron chi connectivity index (χ3n) is 2.23. The van der Waals surface area contributed by atoms with E-state index < -0.39 is 8.01 Å². The Morgan fingerprint density at radius 1 is 0.700 bits per heavy atom. The molecule has 4 heteroatoms. The summed E-state index contributed by atoms with van der Waals surface area (Å²) >= 11 is 0. The molecule has 3 nitrogen and oxygen atoms in total. The highest BCUT2D eigenvalue weighted by molar-refractivity contribution is 7.48. The average Bonchev–Trinajstić information content (AvgIpc) is 1.87. The lowest BCUT2D eigenvalue weighted by molar-refractivity contribution is 0.149. The Morgan fingerprint density at radius 3 is 1.25 bits per heavy atom. The quantitative estimate of drug-likeness (QED) is 0.546. The van der Waals surface area contributed by atoms with Gasteiger partial charge in [0.2, 0.25) is 8.01 Å². The summed E-state index contributed by atoms with van der Waals surface area (Å²) in [7, 11) is -0.893. The lowest BCUT2D eigenvalue weighted by atomic mass is 10.0. The van der Waals surface area contributed by atoms with E-state index in [1.54, 1.807) is 0 Å². The fourth-order valence-corrected chi connectivity index (χ4v) is 4.56. The van der Waals surface area contributed by atoms with Gasteiger partial charge in [-0.2, -0.15) is 0 Å². The SMILES string of the molecule is CC(C)(C)N=[P+]([N-]C(C)(C)C)N(C(C)(C)C)C(C)(C)C. The summed E-state index contributed by atoms with van der Waals surface area (Å²) in [5.41, 5.74) is -0.0781. The molecule has 0 aliphatic rings. The lowest BCUT2D eigenvalue weighted by Crippen LogP contribution is -2.48. The van der Waals surface area contributed by atoms with Gasteiger partial charge in [-0.25, -0.2) is 0 Å². The van der Waals surface area contributed by atoms with Crippen LogP contribution in [0.3, 0.4) is 0 Å². The second-order valence-electron chi connectivity index (χ2n) is 9.46. The molecule has 0 saturated carbocycles. The maximum atomic E-state index is 5.05. The Hall–Kier alpha value is 0.0200. The molecule has 1 atom stereocenters. The second-order valence-corrected chi connectivity index (χ2v) is 10.8. The number of nitrogens with zero attached hydrogens (tertiary/aromatic N) is 3. The molecule has 0 fully saturated rings. The predicted molar refractivity (Wildman–Crippen MR) is 93.6 cm³/mol. The summed E-state index contributed by atoms with van der Waals surface area (Å²) < 4.78 is 7.53. The largest absolute Gasteiger partial charge is 0.396 e. The van der Waals surface area contributed by atoms with E-state index in [0.717, 1.165) is 0 Å². The minimum absolute atomic E-state index is 0.0352. The molecule has 0 amide bonds. The van der Waals surface area contributed by atoms with E-state index in [9.17, 15) is 0 Å². The van der Waals surface area contributed by atoms with Crippen molar-refractivity contribution in [3.05, 3.63) is 5.09 Å². The number of hydrogen-bond acceptors (Lipinski definition) is 1. The van der Waals surface area contributed by atoms with Gasteiger partial charge in [0, 0.05) is 0 Å². The second kappa shape index (κ2) is 6.02. The summed E-state index contributed by atoms with van der Waals surface area (Å²) in [4.78, 5) is 0. The van der Waals surface area contributed by atoms with Gasteiger partial charge < -0.3 is 5.09 Å². The fraction of sp³-hybridized carbons (Fsp3) is 1.00. The molecule has 0 aromatic heterocycles. The van der Waals surface area contributed by atoms with Crippen LogP contribution in [0.2, 0.25) is 0 Å². The van der Waals surface area contributed by atoms with Gasteiger partial charge in [-0.15, -0.1) is 4.67 Å². The van der Waals surface area contributed by atoms with Crippen LogP contribution in [-0.4, -0.2) is 26.8 Å². The molecule has 0 aromatic rings. The van der Waals surface area contributed by atoms with Crippen molar-refractivity contribution in [2.75, 3.05) is 0 Å². The monoisotopic (exact) mass is 301 g/mol. The summed E-state index contributed by atoms with van der Waals surface area (Å²) in [6, 6.07) is 0. The zero-order valence-electron chi connectivity index (χ0n) is 15.8. The summed E-state index contributed by atoms with van der Waals surface area (Å²) in [6.45, 7) is 26.5. The Balaban J connectivity index is 5.88. The Morgan fingerprint density at radius 2 is 1.05 bits per heavy atom. The molecule has 0 bridgehead atoms. The zero-order chi connectivity index (χ0) is 16.6. The Labute approximate surface area is 128 Å². The summed E-state index contributed by atoms with van der Waals surface area (Å²) in [5.74, 6) is 0. The summed E-state index contributed by atoms with van der Waals surface area (Å²) in [5, 5.41) is 5.05. The predicted octanol–water partition coefficient (Wildman–Crippen LogP) is 6.35. The normalized spacial score (nSPS) is 15.9. The summed E-state index contributed by atoms with van der Waals surface area (Å²) in [6.07, 6.45) is 0. The van der Waals surface area contributed by atoms with Crippen LogP contribution in [0.4, 0.5) is 0 Å². The third-order valence-corrected chi connectivity index (χ3v) is 5.34. The molecule has 120 valence electrons. The van der Waals surface area contributed by atoms with Crippen LogP contribution in [0, 0.1) is 0 Å².